The predicted molar refractivity (Wildman–Crippen MR) is 75.1 cm³/mol. The summed E-state index contributed by atoms with van der Waals surface area (Å²) in [5.74, 6) is 0. The van der Waals surface area contributed by atoms with Crippen LogP contribution in [0.4, 0.5) is 0 Å². The van der Waals surface area contributed by atoms with Crippen LogP contribution in [-0.4, -0.2) is 28.2 Å². The maximum absolute atomic E-state index is 4.13. The fraction of sp³-hybridized carbons (Fsp3) is 0.267. The lowest BCUT2D eigenvalue weighted by atomic mass is 10.00. The van der Waals surface area contributed by atoms with E-state index >= 15 is 0 Å². The molecule has 0 saturated heterocycles. The van der Waals surface area contributed by atoms with Gasteiger partial charge in [-0.15, -0.1) is 0 Å². The Labute approximate surface area is 107 Å². The molecule has 1 aromatic heterocycles. The van der Waals surface area contributed by atoms with Crippen molar-refractivity contribution in [2.75, 3.05) is 13.1 Å². The quantitative estimate of drug-likeness (QED) is 0.892. The molecule has 0 atom stereocenters. The van der Waals surface area contributed by atoms with Crippen molar-refractivity contribution in [1.82, 2.24) is 15.1 Å². The Balaban J connectivity index is 1.97. The fourth-order valence-corrected chi connectivity index (χ4v) is 2.47. The summed E-state index contributed by atoms with van der Waals surface area (Å²) < 4.78 is 0. The van der Waals surface area contributed by atoms with Gasteiger partial charge in [0, 0.05) is 18.5 Å². The summed E-state index contributed by atoms with van der Waals surface area (Å²) in [6.45, 7) is 4.30. The van der Waals surface area contributed by atoms with Crippen LogP contribution in [0.25, 0.3) is 16.5 Å². The van der Waals surface area contributed by atoms with Gasteiger partial charge in [-0.1, -0.05) is 25.1 Å². The van der Waals surface area contributed by atoms with E-state index in [2.05, 4.69) is 58.6 Å². The summed E-state index contributed by atoms with van der Waals surface area (Å²) in [5, 5.41) is 8.36. The van der Waals surface area contributed by atoms with E-state index in [1.54, 1.807) is 0 Å². The molecule has 2 heterocycles. The minimum atomic E-state index is 0.981. The van der Waals surface area contributed by atoms with Crippen LogP contribution in [-0.2, 0) is 0 Å². The Hall–Kier alpha value is -2.03. The number of hydrogen-bond donors (Lipinski definition) is 1. The number of hydrogen-bond acceptors (Lipinski definition) is 2. The van der Waals surface area contributed by atoms with Gasteiger partial charge in [-0.05, 0) is 35.9 Å². The first kappa shape index (κ1) is 11.1. The minimum absolute atomic E-state index is 0.981. The molecule has 0 bridgehead atoms. The third-order valence-electron chi connectivity index (χ3n) is 3.31. The van der Waals surface area contributed by atoms with Crippen LogP contribution in [0, 0.1) is 0 Å². The third-order valence-corrected chi connectivity index (χ3v) is 3.31. The molecule has 3 heteroatoms. The number of allylic oxidation sites excluding steroid dienone is 2. The fourth-order valence-electron chi connectivity index (χ4n) is 2.47. The van der Waals surface area contributed by atoms with Crippen LogP contribution >= 0.6 is 0 Å². The smallest absolute Gasteiger partial charge is 0.0656 e. The molecule has 3 nitrogen and oxygen atoms in total. The van der Waals surface area contributed by atoms with Crippen molar-refractivity contribution in [3.8, 4) is 0 Å². The molecule has 1 N–H and O–H groups in total. The zero-order chi connectivity index (χ0) is 12.4. The summed E-state index contributed by atoms with van der Waals surface area (Å²) in [5.41, 5.74) is 3.75. The maximum atomic E-state index is 4.13. The lowest BCUT2D eigenvalue weighted by Crippen LogP contribution is -2.22. The van der Waals surface area contributed by atoms with Crippen molar-refractivity contribution in [3.63, 3.8) is 0 Å². The van der Waals surface area contributed by atoms with Gasteiger partial charge in [0.1, 0.15) is 0 Å². The van der Waals surface area contributed by atoms with Gasteiger partial charge in [-0.25, -0.2) is 0 Å². The number of fused-ring (bicyclic) bond motifs is 1. The molecule has 0 amide bonds. The first-order chi connectivity index (χ1) is 8.88. The monoisotopic (exact) mass is 239 g/mol. The standard InChI is InChI=1S/C15H17N3/c1-2-8-18-9-4-5-12(11-18)13-6-3-7-15-14(13)10-16-17-15/h3-7,9-10H,2,8,11H2,1H3,(H,16,17). The first-order valence-corrected chi connectivity index (χ1v) is 6.42. The number of aromatic nitrogens is 2. The van der Waals surface area contributed by atoms with E-state index in [1.807, 2.05) is 6.20 Å². The normalized spacial score (nSPS) is 15.2. The van der Waals surface area contributed by atoms with Gasteiger partial charge in [0.2, 0.25) is 0 Å². The molecule has 3 rings (SSSR count). The average molecular weight is 239 g/mol. The van der Waals surface area contributed by atoms with Crippen molar-refractivity contribution < 1.29 is 0 Å². The lowest BCUT2D eigenvalue weighted by Gasteiger charge is -2.24. The van der Waals surface area contributed by atoms with Crippen LogP contribution in [0.2, 0.25) is 0 Å². The molecule has 0 fully saturated rings. The molecule has 0 spiro atoms. The highest BCUT2D eigenvalue weighted by molar-refractivity contribution is 5.92. The highest BCUT2D eigenvalue weighted by atomic mass is 15.1. The van der Waals surface area contributed by atoms with Crippen molar-refractivity contribution in [2.45, 2.75) is 13.3 Å². The van der Waals surface area contributed by atoms with Crippen LogP contribution in [0.15, 0.2) is 42.7 Å². The van der Waals surface area contributed by atoms with Gasteiger partial charge in [0.15, 0.2) is 0 Å². The Morgan fingerprint density at radius 3 is 3.22 bits per heavy atom. The third kappa shape index (κ3) is 1.92. The van der Waals surface area contributed by atoms with Crippen LogP contribution in [0.3, 0.4) is 0 Å². The molecule has 0 saturated carbocycles. The zero-order valence-electron chi connectivity index (χ0n) is 10.6. The summed E-state index contributed by atoms with van der Waals surface area (Å²) in [6, 6.07) is 6.32. The van der Waals surface area contributed by atoms with Gasteiger partial charge < -0.3 is 4.90 Å². The predicted octanol–water partition coefficient (Wildman–Crippen LogP) is 3.19. The minimum Gasteiger partial charge on any atom is -0.373 e. The molecule has 92 valence electrons. The summed E-state index contributed by atoms with van der Waals surface area (Å²) in [7, 11) is 0. The highest BCUT2D eigenvalue weighted by Crippen LogP contribution is 2.26. The molecule has 1 aliphatic heterocycles. The second-order valence-corrected chi connectivity index (χ2v) is 4.64. The van der Waals surface area contributed by atoms with Crippen molar-refractivity contribution in [3.05, 3.63) is 48.3 Å². The molecule has 2 aromatic rings. The number of nitrogens with one attached hydrogen (secondary N) is 1. The molecular weight excluding hydrogens is 222 g/mol. The van der Waals surface area contributed by atoms with E-state index in [1.165, 1.54) is 22.9 Å². The van der Waals surface area contributed by atoms with E-state index in [0.717, 1.165) is 18.6 Å². The largest absolute Gasteiger partial charge is 0.373 e. The van der Waals surface area contributed by atoms with Gasteiger partial charge in [0.25, 0.3) is 0 Å². The highest BCUT2D eigenvalue weighted by Gasteiger charge is 2.11. The van der Waals surface area contributed by atoms with Crippen molar-refractivity contribution in [2.24, 2.45) is 0 Å². The Kier molecular flexibility index (Phi) is 2.89. The second-order valence-electron chi connectivity index (χ2n) is 4.64. The Morgan fingerprint density at radius 1 is 1.39 bits per heavy atom. The topological polar surface area (TPSA) is 31.9 Å². The molecule has 0 unspecified atom stereocenters. The van der Waals surface area contributed by atoms with Gasteiger partial charge in [-0.3, -0.25) is 5.10 Å². The van der Waals surface area contributed by atoms with Crippen molar-refractivity contribution in [1.29, 1.82) is 0 Å². The summed E-state index contributed by atoms with van der Waals surface area (Å²) >= 11 is 0. The summed E-state index contributed by atoms with van der Waals surface area (Å²) in [4.78, 5) is 2.36. The Morgan fingerprint density at radius 2 is 2.33 bits per heavy atom. The number of rotatable bonds is 3. The van der Waals surface area contributed by atoms with E-state index < -0.39 is 0 Å². The van der Waals surface area contributed by atoms with Crippen LogP contribution in [0.1, 0.15) is 18.9 Å². The van der Waals surface area contributed by atoms with Crippen LogP contribution in [0.5, 0.6) is 0 Å². The second kappa shape index (κ2) is 4.69. The number of benzene rings is 1. The zero-order valence-corrected chi connectivity index (χ0v) is 10.6. The van der Waals surface area contributed by atoms with Crippen molar-refractivity contribution >= 4 is 16.5 Å². The lowest BCUT2D eigenvalue weighted by molar-refractivity contribution is 0.417. The van der Waals surface area contributed by atoms with Crippen LogP contribution < -0.4 is 0 Å². The van der Waals surface area contributed by atoms with Gasteiger partial charge in [0.05, 0.1) is 11.7 Å². The number of nitrogens with zero attached hydrogens (tertiary/aromatic N) is 2. The Bertz CT molecular complexity index is 607. The van der Waals surface area contributed by atoms with Gasteiger partial charge in [-0.2, -0.15) is 5.10 Å². The molecule has 0 aliphatic carbocycles. The molecular formula is C15H17N3. The molecule has 1 aliphatic rings. The number of H-pyrrole nitrogens is 1. The molecule has 18 heavy (non-hydrogen) atoms. The van der Waals surface area contributed by atoms with E-state index in [9.17, 15) is 0 Å². The molecule has 0 radical (unpaired) electrons. The van der Waals surface area contributed by atoms with E-state index in [4.69, 9.17) is 0 Å². The first-order valence-electron chi connectivity index (χ1n) is 6.42. The summed E-state index contributed by atoms with van der Waals surface area (Å²) in [6.07, 6.45) is 9.59. The SMILES string of the molecule is CCCN1C=CC=C(c2cccc3[nH]ncc23)C1. The van der Waals surface area contributed by atoms with E-state index in [-0.39, 0.29) is 0 Å². The maximum Gasteiger partial charge on any atom is 0.0656 e. The molecule has 1 aromatic carbocycles. The van der Waals surface area contributed by atoms with E-state index in [0.29, 0.717) is 0 Å². The number of aromatic amines is 1. The average Bonchev–Trinajstić information content (AvgIpc) is 2.87. The van der Waals surface area contributed by atoms with Gasteiger partial charge >= 0.3 is 0 Å².